The molecule has 0 aliphatic carbocycles. The van der Waals surface area contributed by atoms with E-state index in [1.165, 1.54) is 18.2 Å². The minimum Gasteiger partial charge on any atom is -0.399 e. The maximum Gasteiger partial charge on any atom is 0.321 e. The third kappa shape index (κ3) is 4.06. The van der Waals surface area contributed by atoms with Gasteiger partial charge < -0.3 is 20.9 Å². The molecule has 0 unspecified atom stereocenters. The van der Waals surface area contributed by atoms with Crippen molar-refractivity contribution < 1.29 is 14.0 Å². The van der Waals surface area contributed by atoms with Gasteiger partial charge in [-0.1, -0.05) is 6.07 Å². The Labute approximate surface area is 145 Å². The number of nitrogens with two attached hydrogens (primary N) is 1. The number of benzene rings is 2. The third-order valence-electron chi connectivity index (χ3n) is 4.09. The Bertz CT molecular complexity index is 771. The van der Waals surface area contributed by atoms with E-state index in [1.807, 2.05) is 0 Å². The molecule has 0 atom stereocenters. The first kappa shape index (κ1) is 16.8. The standard InChI is InChI=1S/C18H19FN4O2/c19-14-3-1-2-13(12-14)17(24)22-8-10-23(11-9-22)18(25)21-16-6-4-15(20)5-7-16/h1-7,12H,8-11,20H2,(H,21,25). The van der Waals surface area contributed by atoms with E-state index in [-0.39, 0.29) is 11.9 Å². The van der Waals surface area contributed by atoms with Crippen LogP contribution in [0.4, 0.5) is 20.6 Å². The fraction of sp³-hybridized carbons (Fsp3) is 0.222. The Morgan fingerprint density at radius 1 is 0.960 bits per heavy atom. The summed E-state index contributed by atoms with van der Waals surface area (Å²) in [5.41, 5.74) is 7.23. The molecule has 0 aromatic heterocycles. The van der Waals surface area contributed by atoms with Crippen LogP contribution in [-0.4, -0.2) is 47.9 Å². The first-order valence-corrected chi connectivity index (χ1v) is 7.99. The number of hydrogen-bond donors (Lipinski definition) is 2. The molecule has 1 saturated heterocycles. The number of piperazine rings is 1. The van der Waals surface area contributed by atoms with Gasteiger partial charge in [0.1, 0.15) is 5.82 Å². The minimum absolute atomic E-state index is 0.220. The third-order valence-corrected chi connectivity index (χ3v) is 4.09. The predicted molar refractivity (Wildman–Crippen MR) is 93.7 cm³/mol. The molecule has 3 N–H and O–H groups in total. The molecule has 0 bridgehead atoms. The smallest absolute Gasteiger partial charge is 0.321 e. The molecule has 130 valence electrons. The van der Waals surface area contributed by atoms with Gasteiger partial charge in [-0.15, -0.1) is 0 Å². The molecule has 1 aliphatic heterocycles. The number of hydrogen-bond acceptors (Lipinski definition) is 3. The van der Waals surface area contributed by atoms with E-state index < -0.39 is 5.82 Å². The van der Waals surface area contributed by atoms with Crippen LogP contribution in [0, 0.1) is 5.82 Å². The number of nitrogens with zero attached hydrogens (tertiary/aromatic N) is 2. The SMILES string of the molecule is Nc1ccc(NC(=O)N2CCN(C(=O)c3cccc(F)c3)CC2)cc1. The second-order valence-corrected chi connectivity index (χ2v) is 5.84. The average Bonchev–Trinajstić information content (AvgIpc) is 2.63. The normalized spacial score (nSPS) is 14.3. The highest BCUT2D eigenvalue weighted by molar-refractivity contribution is 5.94. The Kier molecular flexibility index (Phi) is 4.83. The van der Waals surface area contributed by atoms with Crippen LogP contribution in [-0.2, 0) is 0 Å². The lowest BCUT2D eigenvalue weighted by atomic mass is 10.2. The van der Waals surface area contributed by atoms with E-state index in [0.29, 0.717) is 43.1 Å². The van der Waals surface area contributed by atoms with E-state index >= 15 is 0 Å². The molecule has 0 spiro atoms. The molecule has 1 aliphatic rings. The van der Waals surface area contributed by atoms with Crippen LogP contribution >= 0.6 is 0 Å². The summed E-state index contributed by atoms with van der Waals surface area (Å²) in [6.07, 6.45) is 0. The van der Waals surface area contributed by atoms with Crippen LogP contribution in [0.3, 0.4) is 0 Å². The summed E-state index contributed by atoms with van der Waals surface area (Å²) in [5, 5.41) is 2.80. The molecular weight excluding hydrogens is 323 g/mol. The molecule has 3 rings (SSSR count). The van der Waals surface area contributed by atoms with Gasteiger partial charge in [0.05, 0.1) is 0 Å². The van der Waals surface area contributed by atoms with Crippen molar-refractivity contribution in [1.29, 1.82) is 0 Å². The van der Waals surface area contributed by atoms with Crippen LogP contribution in [0.1, 0.15) is 10.4 Å². The largest absolute Gasteiger partial charge is 0.399 e. The topological polar surface area (TPSA) is 78.7 Å². The molecule has 2 aromatic rings. The Morgan fingerprint density at radius 2 is 1.60 bits per heavy atom. The van der Waals surface area contributed by atoms with Crippen molar-refractivity contribution in [3.05, 3.63) is 59.9 Å². The van der Waals surface area contributed by atoms with Crippen molar-refractivity contribution in [2.45, 2.75) is 0 Å². The molecular formula is C18H19FN4O2. The predicted octanol–water partition coefficient (Wildman–Crippen LogP) is 2.40. The first-order chi connectivity index (χ1) is 12.0. The number of halogens is 1. The lowest BCUT2D eigenvalue weighted by Crippen LogP contribution is -2.51. The van der Waals surface area contributed by atoms with Gasteiger partial charge in [0, 0.05) is 43.1 Å². The number of amides is 3. The van der Waals surface area contributed by atoms with Gasteiger partial charge in [-0.2, -0.15) is 0 Å². The highest BCUT2D eigenvalue weighted by Crippen LogP contribution is 2.14. The fourth-order valence-electron chi connectivity index (χ4n) is 2.69. The quantitative estimate of drug-likeness (QED) is 0.823. The lowest BCUT2D eigenvalue weighted by Gasteiger charge is -2.34. The summed E-state index contributed by atoms with van der Waals surface area (Å²) in [5.74, 6) is -0.662. The zero-order valence-corrected chi connectivity index (χ0v) is 13.6. The number of rotatable bonds is 2. The van der Waals surface area contributed by atoms with Gasteiger partial charge in [-0.25, -0.2) is 9.18 Å². The Hall–Kier alpha value is -3.09. The number of urea groups is 1. The Morgan fingerprint density at radius 3 is 2.24 bits per heavy atom. The van der Waals surface area contributed by atoms with Crippen LogP contribution in [0.15, 0.2) is 48.5 Å². The number of carbonyl (C=O) groups is 2. The molecule has 1 heterocycles. The maximum absolute atomic E-state index is 13.3. The number of carbonyl (C=O) groups excluding carboxylic acids is 2. The molecule has 3 amide bonds. The van der Waals surface area contributed by atoms with Gasteiger partial charge in [0.15, 0.2) is 0 Å². The van der Waals surface area contributed by atoms with Crippen LogP contribution in [0.5, 0.6) is 0 Å². The zero-order valence-electron chi connectivity index (χ0n) is 13.6. The van der Waals surface area contributed by atoms with E-state index in [1.54, 1.807) is 40.1 Å². The summed E-state index contributed by atoms with van der Waals surface area (Å²) in [4.78, 5) is 27.9. The van der Waals surface area contributed by atoms with Crippen LogP contribution in [0.25, 0.3) is 0 Å². The summed E-state index contributed by atoms with van der Waals surface area (Å²) in [7, 11) is 0. The highest BCUT2D eigenvalue weighted by Gasteiger charge is 2.25. The average molecular weight is 342 g/mol. The summed E-state index contributed by atoms with van der Waals surface area (Å²) < 4.78 is 13.3. The number of nitrogen functional groups attached to an aromatic ring is 1. The fourth-order valence-corrected chi connectivity index (χ4v) is 2.69. The van der Waals surface area contributed by atoms with E-state index in [2.05, 4.69) is 5.32 Å². The maximum atomic E-state index is 13.3. The summed E-state index contributed by atoms with van der Waals surface area (Å²) in [6.45, 7) is 1.65. The van der Waals surface area contributed by atoms with Crippen LogP contribution < -0.4 is 11.1 Å². The number of nitrogens with one attached hydrogen (secondary N) is 1. The van der Waals surface area contributed by atoms with E-state index in [0.717, 1.165) is 0 Å². The van der Waals surface area contributed by atoms with Gasteiger partial charge in [-0.3, -0.25) is 4.79 Å². The van der Waals surface area contributed by atoms with Gasteiger partial charge >= 0.3 is 6.03 Å². The molecule has 0 saturated carbocycles. The molecule has 2 aromatic carbocycles. The van der Waals surface area contributed by atoms with Crippen molar-refractivity contribution in [2.75, 3.05) is 37.2 Å². The second kappa shape index (κ2) is 7.21. The van der Waals surface area contributed by atoms with Gasteiger partial charge in [0.25, 0.3) is 5.91 Å². The second-order valence-electron chi connectivity index (χ2n) is 5.84. The molecule has 25 heavy (non-hydrogen) atoms. The summed E-state index contributed by atoms with van der Waals surface area (Å²) in [6, 6.07) is 12.3. The summed E-state index contributed by atoms with van der Waals surface area (Å²) >= 11 is 0. The zero-order chi connectivity index (χ0) is 17.8. The molecule has 7 heteroatoms. The lowest BCUT2D eigenvalue weighted by molar-refractivity contribution is 0.0671. The van der Waals surface area contributed by atoms with Crippen molar-refractivity contribution in [2.24, 2.45) is 0 Å². The molecule has 1 fully saturated rings. The Balaban J connectivity index is 1.55. The van der Waals surface area contributed by atoms with Gasteiger partial charge in [-0.05, 0) is 42.5 Å². The van der Waals surface area contributed by atoms with Crippen molar-refractivity contribution >= 4 is 23.3 Å². The molecule has 0 radical (unpaired) electrons. The van der Waals surface area contributed by atoms with Crippen molar-refractivity contribution in [3.8, 4) is 0 Å². The number of anilines is 2. The van der Waals surface area contributed by atoms with Crippen molar-refractivity contribution in [1.82, 2.24) is 9.80 Å². The molecule has 6 nitrogen and oxygen atoms in total. The highest BCUT2D eigenvalue weighted by atomic mass is 19.1. The van der Waals surface area contributed by atoms with Gasteiger partial charge in [0.2, 0.25) is 0 Å². The van der Waals surface area contributed by atoms with E-state index in [9.17, 15) is 14.0 Å². The van der Waals surface area contributed by atoms with Crippen molar-refractivity contribution in [3.63, 3.8) is 0 Å². The van der Waals surface area contributed by atoms with Crippen LogP contribution in [0.2, 0.25) is 0 Å². The minimum atomic E-state index is -0.438. The first-order valence-electron chi connectivity index (χ1n) is 7.99. The monoisotopic (exact) mass is 342 g/mol. The van der Waals surface area contributed by atoms with E-state index in [4.69, 9.17) is 5.73 Å².